The number of aryl methyl sites for hydroxylation is 2. The Morgan fingerprint density at radius 1 is 1.40 bits per heavy atom. The molecule has 0 radical (unpaired) electrons. The minimum atomic E-state index is -0.166. The van der Waals surface area contributed by atoms with Crippen molar-refractivity contribution in [3.05, 3.63) is 40.9 Å². The molecule has 0 atom stereocenters. The number of carbonyl (C=O) groups excluding carboxylic acids is 1. The Morgan fingerprint density at radius 3 is 2.80 bits per heavy atom. The van der Waals surface area contributed by atoms with Gasteiger partial charge in [0.1, 0.15) is 0 Å². The Labute approximate surface area is 120 Å². The number of benzene rings is 1. The number of aromatic nitrogens is 2. The summed E-state index contributed by atoms with van der Waals surface area (Å²) in [5.41, 5.74) is 7.12. The van der Waals surface area contributed by atoms with E-state index in [1.54, 1.807) is 11.7 Å². The zero-order valence-corrected chi connectivity index (χ0v) is 12.0. The maximum absolute atomic E-state index is 12.3. The average Bonchev–Trinajstić information content (AvgIpc) is 2.95. The zero-order valence-electron chi connectivity index (χ0n) is 11.2. The van der Waals surface area contributed by atoms with Crippen molar-refractivity contribution in [2.24, 2.45) is 7.05 Å². The zero-order chi connectivity index (χ0) is 14.3. The standard InChI is InChI=1S/C14H14N4OS/c1-8-12(15)13(18(2)17-8)16-14(19)11-7-9-5-3-4-6-10(9)20-11/h3-7H,15H2,1-2H3,(H,16,19). The van der Waals surface area contributed by atoms with Crippen molar-refractivity contribution in [1.82, 2.24) is 9.78 Å². The van der Waals surface area contributed by atoms with E-state index in [1.807, 2.05) is 37.3 Å². The van der Waals surface area contributed by atoms with Gasteiger partial charge in [-0.05, 0) is 24.4 Å². The number of nitrogens with zero attached hydrogens (tertiary/aromatic N) is 2. The SMILES string of the molecule is Cc1nn(C)c(NC(=O)c2cc3ccccc3s2)c1N. The van der Waals surface area contributed by atoms with Crippen LogP contribution in [0.4, 0.5) is 11.5 Å². The lowest BCUT2D eigenvalue weighted by Crippen LogP contribution is -2.14. The predicted octanol–water partition coefficient (Wildman–Crippen LogP) is 2.78. The molecule has 1 aromatic carbocycles. The van der Waals surface area contributed by atoms with Crippen LogP contribution in [0.2, 0.25) is 0 Å². The van der Waals surface area contributed by atoms with E-state index >= 15 is 0 Å². The van der Waals surface area contributed by atoms with E-state index in [4.69, 9.17) is 5.73 Å². The van der Waals surface area contributed by atoms with Crippen molar-refractivity contribution in [3.8, 4) is 0 Å². The van der Waals surface area contributed by atoms with Crippen LogP contribution in [0, 0.1) is 6.92 Å². The molecule has 0 unspecified atom stereocenters. The van der Waals surface area contributed by atoms with Crippen molar-refractivity contribution in [3.63, 3.8) is 0 Å². The van der Waals surface area contributed by atoms with E-state index in [0.717, 1.165) is 10.1 Å². The summed E-state index contributed by atoms with van der Waals surface area (Å²) in [5.74, 6) is 0.367. The van der Waals surface area contributed by atoms with E-state index < -0.39 is 0 Å². The smallest absolute Gasteiger partial charge is 0.266 e. The molecule has 1 amide bonds. The molecule has 0 spiro atoms. The highest BCUT2D eigenvalue weighted by molar-refractivity contribution is 7.20. The van der Waals surface area contributed by atoms with Gasteiger partial charge < -0.3 is 11.1 Å². The lowest BCUT2D eigenvalue weighted by molar-refractivity contribution is 0.102. The van der Waals surface area contributed by atoms with Crippen LogP contribution in [-0.4, -0.2) is 15.7 Å². The van der Waals surface area contributed by atoms with E-state index in [2.05, 4.69) is 10.4 Å². The molecule has 0 aliphatic rings. The van der Waals surface area contributed by atoms with E-state index in [1.165, 1.54) is 11.3 Å². The molecule has 0 aliphatic heterocycles. The van der Waals surface area contributed by atoms with Crippen LogP contribution in [0.3, 0.4) is 0 Å². The van der Waals surface area contributed by atoms with E-state index in [-0.39, 0.29) is 5.91 Å². The Kier molecular flexibility index (Phi) is 2.94. The molecule has 3 N–H and O–H groups in total. The van der Waals surface area contributed by atoms with Crippen LogP contribution in [0.5, 0.6) is 0 Å². The minimum absolute atomic E-state index is 0.166. The molecular formula is C14H14N4OS. The van der Waals surface area contributed by atoms with Crippen LogP contribution >= 0.6 is 11.3 Å². The molecule has 3 aromatic rings. The molecule has 20 heavy (non-hydrogen) atoms. The summed E-state index contributed by atoms with van der Waals surface area (Å²) >= 11 is 1.46. The Bertz CT molecular complexity index is 770. The molecule has 2 heterocycles. The number of nitrogens with one attached hydrogen (secondary N) is 1. The number of rotatable bonds is 2. The molecule has 102 valence electrons. The highest BCUT2D eigenvalue weighted by Crippen LogP contribution is 2.27. The summed E-state index contributed by atoms with van der Waals surface area (Å²) in [6, 6.07) is 9.79. The number of fused-ring (bicyclic) bond motifs is 1. The summed E-state index contributed by atoms with van der Waals surface area (Å²) in [6.45, 7) is 1.81. The summed E-state index contributed by atoms with van der Waals surface area (Å²) < 4.78 is 2.67. The third-order valence-corrected chi connectivity index (χ3v) is 4.26. The van der Waals surface area contributed by atoms with Crippen molar-refractivity contribution in [1.29, 1.82) is 0 Å². The molecule has 5 nitrogen and oxygen atoms in total. The second kappa shape index (κ2) is 4.64. The van der Waals surface area contributed by atoms with Crippen LogP contribution in [0.25, 0.3) is 10.1 Å². The highest BCUT2D eigenvalue weighted by Gasteiger charge is 2.16. The molecule has 0 fully saturated rings. The number of hydrogen-bond acceptors (Lipinski definition) is 4. The number of thiophene rings is 1. The number of nitrogen functional groups attached to an aromatic ring is 1. The van der Waals surface area contributed by atoms with Gasteiger partial charge in [0, 0.05) is 11.7 Å². The first-order valence-corrected chi connectivity index (χ1v) is 6.97. The average molecular weight is 286 g/mol. The third-order valence-electron chi connectivity index (χ3n) is 3.15. The molecular weight excluding hydrogens is 272 g/mol. The Morgan fingerprint density at radius 2 is 2.15 bits per heavy atom. The molecule has 2 aromatic heterocycles. The summed E-state index contributed by atoms with van der Waals surface area (Å²) in [7, 11) is 1.75. The number of amides is 1. The van der Waals surface area contributed by atoms with Gasteiger partial charge in [-0.15, -0.1) is 11.3 Å². The van der Waals surface area contributed by atoms with Gasteiger partial charge in [-0.3, -0.25) is 9.48 Å². The quantitative estimate of drug-likeness (QED) is 0.760. The number of carbonyl (C=O) groups is 1. The van der Waals surface area contributed by atoms with Gasteiger partial charge in [0.15, 0.2) is 5.82 Å². The van der Waals surface area contributed by atoms with Gasteiger partial charge in [-0.25, -0.2) is 0 Å². The monoisotopic (exact) mass is 286 g/mol. The fourth-order valence-corrected chi connectivity index (χ4v) is 3.04. The van der Waals surface area contributed by atoms with E-state index in [9.17, 15) is 4.79 Å². The second-order valence-electron chi connectivity index (χ2n) is 4.57. The van der Waals surface area contributed by atoms with Gasteiger partial charge in [0.05, 0.1) is 16.3 Å². The van der Waals surface area contributed by atoms with Crippen LogP contribution in [0.15, 0.2) is 30.3 Å². The first kappa shape index (κ1) is 12.7. The maximum Gasteiger partial charge on any atom is 0.266 e. The van der Waals surface area contributed by atoms with Crippen LogP contribution < -0.4 is 11.1 Å². The summed E-state index contributed by atoms with van der Waals surface area (Å²) in [6.07, 6.45) is 0. The summed E-state index contributed by atoms with van der Waals surface area (Å²) in [4.78, 5) is 13.0. The minimum Gasteiger partial charge on any atom is -0.394 e. The fourth-order valence-electron chi connectivity index (χ4n) is 2.09. The molecule has 0 aliphatic carbocycles. The van der Waals surface area contributed by atoms with Gasteiger partial charge in [-0.2, -0.15) is 5.10 Å². The topological polar surface area (TPSA) is 72.9 Å². The van der Waals surface area contributed by atoms with E-state index in [0.29, 0.717) is 22.1 Å². The van der Waals surface area contributed by atoms with Gasteiger partial charge in [0.25, 0.3) is 5.91 Å². The normalized spacial score (nSPS) is 10.9. The fraction of sp³-hybridized carbons (Fsp3) is 0.143. The molecule has 0 saturated carbocycles. The largest absolute Gasteiger partial charge is 0.394 e. The molecule has 0 saturated heterocycles. The van der Waals surface area contributed by atoms with Gasteiger partial charge in [0.2, 0.25) is 0 Å². The highest BCUT2D eigenvalue weighted by atomic mass is 32.1. The van der Waals surface area contributed by atoms with Gasteiger partial charge >= 0.3 is 0 Å². The lowest BCUT2D eigenvalue weighted by Gasteiger charge is -2.04. The Balaban J connectivity index is 1.93. The first-order valence-electron chi connectivity index (χ1n) is 6.15. The van der Waals surface area contributed by atoms with Crippen molar-refractivity contribution in [2.75, 3.05) is 11.1 Å². The number of nitrogens with two attached hydrogens (primary N) is 1. The Hall–Kier alpha value is -2.34. The summed E-state index contributed by atoms with van der Waals surface area (Å²) in [5, 5.41) is 8.07. The number of anilines is 2. The molecule has 3 rings (SSSR count). The van der Waals surface area contributed by atoms with Crippen molar-refractivity contribution >= 4 is 38.8 Å². The molecule has 0 bridgehead atoms. The first-order chi connectivity index (χ1) is 9.56. The van der Waals surface area contributed by atoms with Gasteiger partial charge in [-0.1, -0.05) is 18.2 Å². The van der Waals surface area contributed by atoms with Crippen molar-refractivity contribution in [2.45, 2.75) is 6.92 Å². The molecule has 6 heteroatoms. The third kappa shape index (κ3) is 2.04. The lowest BCUT2D eigenvalue weighted by atomic mass is 10.2. The van der Waals surface area contributed by atoms with Crippen LogP contribution in [-0.2, 0) is 7.05 Å². The maximum atomic E-state index is 12.3. The van der Waals surface area contributed by atoms with Crippen LogP contribution in [0.1, 0.15) is 15.4 Å². The number of hydrogen-bond donors (Lipinski definition) is 2. The van der Waals surface area contributed by atoms with Crippen molar-refractivity contribution < 1.29 is 4.79 Å². The second-order valence-corrected chi connectivity index (χ2v) is 5.66. The predicted molar refractivity (Wildman–Crippen MR) is 82.1 cm³/mol.